The second-order valence-electron chi connectivity index (χ2n) is 4.04. The summed E-state index contributed by atoms with van der Waals surface area (Å²) in [5.74, 6) is -3.12. The van der Waals surface area contributed by atoms with Crippen molar-refractivity contribution in [3.05, 3.63) is 6.61 Å². The van der Waals surface area contributed by atoms with E-state index in [4.69, 9.17) is 21.2 Å². The van der Waals surface area contributed by atoms with Gasteiger partial charge in [0.25, 0.3) is 0 Å². The van der Waals surface area contributed by atoms with Crippen LogP contribution >= 0.6 is 0 Å². The van der Waals surface area contributed by atoms with E-state index in [0.717, 1.165) is 5.06 Å². The van der Waals surface area contributed by atoms with E-state index < -0.39 is 37.2 Å². The molecule has 5 nitrogen and oxygen atoms in total. The predicted molar refractivity (Wildman–Crippen MR) is 59.5 cm³/mol. The van der Waals surface area contributed by atoms with Crippen LogP contribution in [0.15, 0.2) is 0 Å². The summed E-state index contributed by atoms with van der Waals surface area (Å²) >= 11 is 0. The Morgan fingerprint density at radius 3 is 2.55 bits per heavy atom. The van der Waals surface area contributed by atoms with Crippen LogP contribution in [-0.2, 0) is 14.3 Å². The summed E-state index contributed by atoms with van der Waals surface area (Å²) < 4.78 is 51.7. The van der Waals surface area contributed by atoms with Crippen molar-refractivity contribution < 1.29 is 180 Å². The van der Waals surface area contributed by atoms with Gasteiger partial charge < -0.3 is 19.4 Å². The summed E-state index contributed by atoms with van der Waals surface area (Å²) in [5, 5.41) is 11.8. The molecule has 2 aliphatic heterocycles. The van der Waals surface area contributed by atoms with E-state index in [9.17, 15) is 5.11 Å². The average Bonchev–Trinajstić information content (AvgIpc) is 2.45. The Bertz CT molecular complexity index is 428. The summed E-state index contributed by atoms with van der Waals surface area (Å²) in [6.07, 6.45) is -1.66. The Morgan fingerprint density at radius 1 is 1.45 bits per heavy atom. The van der Waals surface area contributed by atoms with Crippen molar-refractivity contribution in [1.82, 2.24) is 5.06 Å². The van der Waals surface area contributed by atoms with Gasteiger partial charge in [-0.15, -0.1) is 6.61 Å². The predicted octanol–water partition coefficient (Wildman–Crippen LogP) is -8.68. The number of ether oxygens (including phenoxy) is 2. The molecule has 0 aliphatic carbocycles. The number of hydrogen-bond acceptors (Lipinski definition) is 5. The molecule has 0 N–H and O–H groups in total. The second kappa shape index (κ2) is 13.9. The number of rotatable bonds is 3. The van der Waals surface area contributed by atoms with Crippen molar-refractivity contribution in [3.8, 4) is 0 Å². The molecule has 0 aromatic heterocycles. The first kappa shape index (κ1) is 18.1. The zero-order chi connectivity index (χ0) is 16.8. The van der Waals surface area contributed by atoms with Crippen LogP contribution in [0.3, 0.4) is 0 Å². The van der Waals surface area contributed by atoms with Crippen LogP contribution < -0.4 is 159 Å². The summed E-state index contributed by atoms with van der Waals surface area (Å²) in [4.78, 5) is 5.11. The largest absolute Gasteiger partial charge is 1.00 e. The van der Waals surface area contributed by atoms with E-state index >= 15 is 0 Å². The number of hydrogen-bond donors (Lipinski definition) is 0. The van der Waals surface area contributed by atoms with Crippen LogP contribution in [0.25, 0.3) is 0 Å². The fourth-order valence-corrected chi connectivity index (χ4v) is 1.76. The summed E-state index contributed by atoms with van der Waals surface area (Å²) in [7, 11) is 0. The third kappa shape index (κ3) is 7.94. The Balaban J connectivity index is 0. The first-order chi connectivity index (χ1) is 10.0. The molecular formula is C12H21K3NO4+. The maximum absolute atomic E-state index is 11.0. The van der Waals surface area contributed by atoms with E-state index in [2.05, 4.69) is 0 Å². The molecule has 2 aliphatic rings. The summed E-state index contributed by atoms with van der Waals surface area (Å²) in [5.41, 5.74) is 0. The number of piperidine rings is 1. The summed E-state index contributed by atoms with van der Waals surface area (Å²) in [6, 6.07) is -1.78. The van der Waals surface area contributed by atoms with Crippen molar-refractivity contribution >= 4 is 0 Å². The van der Waals surface area contributed by atoms with E-state index in [1.807, 2.05) is 0 Å². The quantitative estimate of drug-likeness (QED) is 0.365. The summed E-state index contributed by atoms with van der Waals surface area (Å²) in [6.45, 7) is 0.806. The van der Waals surface area contributed by atoms with Crippen molar-refractivity contribution in [2.24, 2.45) is 5.89 Å². The van der Waals surface area contributed by atoms with E-state index in [0.29, 0.717) is 0 Å². The molecule has 2 heterocycles. The molecule has 2 rings (SSSR count). The normalized spacial score (nSPS) is 51.0. The van der Waals surface area contributed by atoms with Crippen LogP contribution in [0.2, 0.25) is 0 Å². The van der Waals surface area contributed by atoms with Gasteiger partial charge >= 0.3 is 154 Å². The fourth-order valence-electron chi connectivity index (χ4n) is 1.76. The minimum absolute atomic E-state index is 0. The zero-order valence-electron chi connectivity index (χ0n) is 18.1. The van der Waals surface area contributed by atoms with Crippen LogP contribution in [-0.4, -0.2) is 43.2 Å². The first-order valence-electron chi connectivity index (χ1n) is 8.14. The van der Waals surface area contributed by atoms with Gasteiger partial charge in [-0.05, 0) is 12.8 Å². The van der Waals surface area contributed by atoms with E-state index in [1.54, 1.807) is 6.92 Å². The van der Waals surface area contributed by atoms with Crippen molar-refractivity contribution in [1.29, 1.82) is 0 Å². The minimum Gasteiger partial charge on any atom is -0.854 e. The van der Waals surface area contributed by atoms with Gasteiger partial charge in [0, 0.05) is 32.2 Å². The fraction of sp³-hybridized carbons (Fsp3) is 0.917. The number of hydroxylamine groups is 2. The van der Waals surface area contributed by atoms with Crippen LogP contribution in [0.5, 0.6) is 0 Å². The van der Waals surface area contributed by atoms with Crippen molar-refractivity contribution in [2.45, 2.75) is 38.5 Å². The van der Waals surface area contributed by atoms with Gasteiger partial charge in [-0.1, -0.05) is 0 Å². The van der Waals surface area contributed by atoms with E-state index in [1.165, 1.54) is 13.5 Å². The van der Waals surface area contributed by atoms with Gasteiger partial charge in [0.2, 0.25) is 0 Å². The SMILES string of the molecule is [3H]C1C2(CC([3H])([3H])N(O[CH-]C)C1([3H])C)OCC([3H])(C[O-])CO2.[K+].[K+].[K+]. The molecule has 8 heteroatoms. The molecule has 2 fully saturated rings. The van der Waals surface area contributed by atoms with Gasteiger partial charge in [-0.25, -0.2) is 5.06 Å². The second-order valence-corrected chi connectivity index (χ2v) is 4.04. The van der Waals surface area contributed by atoms with Crippen molar-refractivity contribution in [3.63, 3.8) is 0 Å². The molecule has 0 amide bonds. The van der Waals surface area contributed by atoms with E-state index in [-0.39, 0.29) is 174 Å². The zero-order valence-corrected chi connectivity index (χ0v) is 22.4. The monoisotopic (exact) mass is 370 g/mol. The molecule has 2 unspecified atom stereocenters. The topological polar surface area (TPSA) is 54.0 Å². The molecule has 2 saturated heterocycles. The smallest absolute Gasteiger partial charge is 0.854 e. The molecule has 2 atom stereocenters. The Morgan fingerprint density at radius 2 is 2.05 bits per heavy atom. The van der Waals surface area contributed by atoms with Gasteiger partial charge in [0.1, 0.15) is 0 Å². The molecule has 100 valence electrons. The molecule has 0 bridgehead atoms. The third-order valence-corrected chi connectivity index (χ3v) is 2.67. The van der Waals surface area contributed by atoms with Crippen molar-refractivity contribution in [2.75, 3.05) is 26.3 Å². The molecular weight excluding hydrogens is 339 g/mol. The molecule has 0 radical (unpaired) electrons. The number of nitrogens with zero attached hydrogens (tertiary/aromatic N) is 1. The first-order valence-corrected chi connectivity index (χ1v) is 5.56. The Labute approximate surface area is 256 Å². The Kier molecular flexibility index (Phi) is 12.5. The molecule has 20 heavy (non-hydrogen) atoms. The molecule has 1 spiro atoms. The molecule has 0 saturated carbocycles. The maximum atomic E-state index is 11.0. The third-order valence-electron chi connectivity index (χ3n) is 2.67. The molecule has 0 aromatic carbocycles. The van der Waals surface area contributed by atoms with Gasteiger partial charge in [0.05, 0.1) is 13.2 Å². The van der Waals surface area contributed by atoms with Gasteiger partial charge in [0.15, 0.2) is 5.79 Å². The average molecular weight is 371 g/mol. The van der Waals surface area contributed by atoms with Gasteiger partial charge in [-0.3, -0.25) is 0 Å². The standard InChI is InChI=1S/C12H21NO4.3K/c1-3-17-13-5-4-12(6-10(13)2)15-8-11(7-14)9-16-12;;;/h3,10-11H,4-9H2,1-2H3;;;/q-2;3*+1/i5T2,6T,10T,11T;;;. The van der Waals surface area contributed by atoms with Crippen LogP contribution in [0.4, 0.5) is 0 Å². The molecule has 0 aromatic rings. The maximum Gasteiger partial charge on any atom is 1.00 e. The van der Waals surface area contributed by atoms with Crippen LogP contribution in [0.1, 0.15) is 33.5 Å². The Hall–Kier alpha value is 4.71. The minimum atomic E-state index is -2.11. The van der Waals surface area contributed by atoms with Gasteiger partial charge in [-0.2, -0.15) is 13.5 Å². The van der Waals surface area contributed by atoms with Crippen LogP contribution in [0, 0.1) is 12.5 Å².